The normalized spacial score (nSPS) is 10.5. The molecule has 1 aromatic heterocycles. The smallest absolute Gasteiger partial charge is 0.164 e. The number of halogens is 1. The highest BCUT2D eigenvalue weighted by Crippen LogP contribution is 2.24. The van der Waals surface area contributed by atoms with Crippen LogP contribution in [0.25, 0.3) is 0 Å². The van der Waals surface area contributed by atoms with Gasteiger partial charge in [-0.3, -0.25) is 4.68 Å². The predicted octanol–water partition coefficient (Wildman–Crippen LogP) is 2.25. The highest BCUT2D eigenvalue weighted by molar-refractivity contribution is 6.33. The van der Waals surface area contributed by atoms with Crippen LogP contribution in [0.4, 0.5) is 5.82 Å². The van der Waals surface area contributed by atoms with Gasteiger partial charge < -0.3 is 5.73 Å². The van der Waals surface area contributed by atoms with Gasteiger partial charge in [-0.25, -0.2) is 0 Å². The monoisotopic (exact) mass is 221 g/mol. The zero-order valence-corrected chi connectivity index (χ0v) is 9.20. The number of hydrogen-bond acceptors (Lipinski definition) is 2. The highest BCUT2D eigenvalue weighted by atomic mass is 35.5. The molecule has 0 atom stereocenters. The van der Waals surface area contributed by atoms with E-state index >= 15 is 0 Å². The second-order valence-corrected chi connectivity index (χ2v) is 3.81. The molecule has 1 aromatic carbocycles. The van der Waals surface area contributed by atoms with E-state index in [9.17, 15) is 0 Å². The molecule has 3 nitrogen and oxygen atoms in total. The molecule has 0 amide bonds. The number of aryl methyl sites for hydroxylation is 1. The second-order valence-electron chi connectivity index (χ2n) is 3.43. The number of hydrogen-bond donors (Lipinski definition) is 1. The number of aromatic nitrogens is 2. The zero-order valence-electron chi connectivity index (χ0n) is 8.44. The minimum atomic E-state index is 0.394. The van der Waals surface area contributed by atoms with E-state index in [4.69, 9.17) is 17.3 Å². The molecule has 0 radical (unpaired) electrons. The Labute approximate surface area is 93.5 Å². The lowest BCUT2D eigenvalue weighted by molar-refractivity contribution is 0.727. The SMILES string of the molecule is Cn1nc(N)c(Cl)c1Cc1ccccc1. The third-order valence-electron chi connectivity index (χ3n) is 2.34. The standard InChI is InChI=1S/C11H12ClN3/c1-15-9(10(12)11(13)14-15)7-8-5-3-2-4-6-8/h2-6H,7H2,1H3,(H2,13,14). The van der Waals surface area contributed by atoms with Gasteiger partial charge >= 0.3 is 0 Å². The molecule has 4 heteroatoms. The van der Waals surface area contributed by atoms with E-state index in [1.165, 1.54) is 5.56 Å². The van der Waals surface area contributed by atoms with Crippen molar-refractivity contribution in [1.29, 1.82) is 0 Å². The Kier molecular flexibility index (Phi) is 2.64. The Balaban J connectivity index is 2.32. The van der Waals surface area contributed by atoms with Gasteiger partial charge in [-0.05, 0) is 5.56 Å². The Morgan fingerprint density at radius 1 is 1.33 bits per heavy atom. The summed E-state index contributed by atoms with van der Waals surface area (Å²) in [6.07, 6.45) is 0.750. The van der Waals surface area contributed by atoms with Crippen LogP contribution in [-0.2, 0) is 13.5 Å². The van der Waals surface area contributed by atoms with Crippen molar-refractivity contribution in [2.24, 2.45) is 7.05 Å². The molecule has 2 aromatic rings. The largest absolute Gasteiger partial charge is 0.381 e. The van der Waals surface area contributed by atoms with Crippen molar-refractivity contribution in [3.05, 3.63) is 46.6 Å². The molecular formula is C11H12ClN3. The van der Waals surface area contributed by atoms with Crippen molar-refractivity contribution in [3.63, 3.8) is 0 Å². The van der Waals surface area contributed by atoms with Crippen LogP contribution in [0.15, 0.2) is 30.3 Å². The summed E-state index contributed by atoms with van der Waals surface area (Å²) in [5, 5.41) is 4.63. The van der Waals surface area contributed by atoms with E-state index in [2.05, 4.69) is 17.2 Å². The van der Waals surface area contributed by atoms with Crippen LogP contribution in [0.2, 0.25) is 5.02 Å². The Bertz CT molecular complexity index is 462. The highest BCUT2D eigenvalue weighted by Gasteiger charge is 2.11. The fourth-order valence-electron chi connectivity index (χ4n) is 1.54. The van der Waals surface area contributed by atoms with Gasteiger partial charge in [-0.15, -0.1) is 0 Å². The summed E-state index contributed by atoms with van der Waals surface area (Å²) >= 11 is 6.06. The molecular weight excluding hydrogens is 210 g/mol. The fourth-order valence-corrected chi connectivity index (χ4v) is 1.76. The van der Waals surface area contributed by atoms with Gasteiger partial charge in [0.05, 0.1) is 5.69 Å². The van der Waals surface area contributed by atoms with Crippen molar-refractivity contribution < 1.29 is 0 Å². The van der Waals surface area contributed by atoms with Gasteiger partial charge in [0.25, 0.3) is 0 Å². The molecule has 0 aliphatic carbocycles. The molecule has 0 aliphatic rings. The summed E-state index contributed by atoms with van der Waals surface area (Å²) in [6, 6.07) is 10.1. The molecule has 0 fully saturated rings. The van der Waals surface area contributed by atoms with Crippen molar-refractivity contribution in [2.45, 2.75) is 6.42 Å². The summed E-state index contributed by atoms with van der Waals surface area (Å²) in [6.45, 7) is 0. The Hall–Kier alpha value is -1.48. The van der Waals surface area contributed by atoms with Crippen LogP contribution < -0.4 is 5.73 Å². The topological polar surface area (TPSA) is 43.8 Å². The number of nitrogens with zero attached hydrogens (tertiary/aromatic N) is 2. The van der Waals surface area contributed by atoms with Crippen molar-refractivity contribution >= 4 is 17.4 Å². The first-order valence-electron chi connectivity index (χ1n) is 4.69. The summed E-state index contributed by atoms with van der Waals surface area (Å²) in [7, 11) is 1.85. The third kappa shape index (κ3) is 1.97. The fraction of sp³-hybridized carbons (Fsp3) is 0.182. The molecule has 78 valence electrons. The van der Waals surface area contributed by atoms with Crippen LogP contribution >= 0.6 is 11.6 Å². The number of anilines is 1. The van der Waals surface area contributed by atoms with Gasteiger partial charge in [0.1, 0.15) is 5.02 Å². The van der Waals surface area contributed by atoms with Crippen LogP contribution in [0, 0.1) is 0 Å². The van der Waals surface area contributed by atoms with E-state index < -0.39 is 0 Å². The number of rotatable bonds is 2. The molecule has 1 heterocycles. The van der Waals surface area contributed by atoms with Crippen LogP contribution in [0.3, 0.4) is 0 Å². The van der Waals surface area contributed by atoms with Gasteiger partial charge in [0, 0.05) is 13.5 Å². The summed E-state index contributed by atoms with van der Waals surface area (Å²) in [5.41, 5.74) is 7.77. The minimum absolute atomic E-state index is 0.394. The molecule has 2 rings (SSSR count). The first-order valence-corrected chi connectivity index (χ1v) is 5.07. The average molecular weight is 222 g/mol. The lowest BCUT2D eigenvalue weighted by Gasteiger charge is -2.02. The van der Waals surface area contributed by atoms with Crippen LogP contribution in [0.1, 0.15) is 11.3 Å². The number of benzene rings is 1. The maximum atomic E-state index is 6.06. The van der Waals surface area contributed by atoms with E-state index in [1.807, 2.05) is 25.2 Å². The molecule has 0 saturated heterocycles. The summed E-state index contributed by atoms with van der Waals surface area (Å²) in [4.78, 5) is 0. The van der Waals surface area contributed by atoms with E-state index in [1.54, 1.807) is 4.68 Å². The van der Waals surface area contributed by atoms with E-state index in [0.717, 1.165) is 12.1 Å². The van der Waals surface area contributed by atoms with Crippen molar-refractivity contribution in [2.75, 3.05) is 5.73 Å². The minimum Gasteiger partial charge on any atom is -0.381 e. The third-order valence-corrected chi connectivity index (χ3v) is 2.75. The van der Waals surface area contributed by atoms with Gasteiger partial charge in [-0.2, -0.15) is 5.10 Å². The molecule has 0 unspecified atom stereocenters. The van der Waals surface area contributed by atoms with Crippen LogP contribution in [-0.4, -0.2) is 9.78 Å². The summed E-state index contributed by atoms with van der Waals surface area (Å²) in [5.74, 6) is 0.394. The quantitative estimate of drug-likeness (QED) is 0.846. The first-order chi connectivity index (χ1) is 7.18. The van der Waals surface area contributed by atoms with E-state index in [0.29, 0.717) is 10.8 Å². The maximum Gasteiger partial charge on any atom is 0.164 e. The Morgan fingerprint density at radius 3 is 2.53 bits per heavy atom. The number of nitrogen functional groups attached to an aromatic ring is 1. The maximum absolute atomic E-state index is 6.06. The Morgan fingerprint density at radius 2 is 2.00 bits per heavy atom. The van der Waals surface area contributed by atoms with Gasteiger partial charge in [-0.1, -0.05) is 41.9 Å². The lowest BCUT2D eigenvalue weighted by Crippen LogP contribution is -1.99. The number of nitrogens with two attached hydrogens (primary N) is 1. The van der Waals surface area contributed by atoms with E-state index in [-0.39, 0.29) is 0 Å². The molecule has 0 spiro atoms. The van der Waals surface area contributed by atoms with Crippen molar-refractivity contribution in [3.8, 4) is 0 Å². The van der Waals surface area contributed by atoms with Gasteiger partial charge in [0.15, 0.2) is 5.82 Å². The average Bonchev–Trinajstić information content (AvgIpc) is 2.47. The molecule has 15 heavy (non-hydrogen) atoms. The lowest BCUT2D eigenvalue weighted by atomic mass is 10.1. The molecule has 0 bridgehead atoms. The molecule has 0 saturated carbocycles. The second kappa shape index (κ2) is 3.95. The predicted molar refractivity (Wildman–Crippen MR) is 61.9 cm³/mol. The van der Waals surface area contributed by atoms with Gasteiger partial charge in [0.2, 0.25) is 0 Å². The van der Waals surface area contributed by atoms with Crippen molar-refractivity contribution in [1.82, 2.24) is 9.78 Å². The first kappa shape index (κ1) is 10.1. The zero-order chi connectivity index (χ0) is 10.8. The molecule has 0 aliphatic heterocycles. The molecule has 2 N–H and O–H groups in total. The summed E-state index contributed by atoms with van der Waals surface area (Å²) < 4.78 is 1.73. The van der Waals surface area contributed by atoms with Crippen LogP contribution in [0.5, 0.6) is 0 Å².